The summed E-state index contributed by atoms with van der Waals surface area (Å²) in [4.78, 5) is 11.1. The van der Waals surface area contributed by atoms with Crippen molar-refractivity contribution < 1.29 is 14.6 Å². The van der Waals surface area contributed by atoms with Crippen molar-refractivity contribution in [1.29, 1.82) is 0 Å². The lowest BCUT2D eigenvalue weighted by atomic mass is 10.1. The zero-order chi connectivity index (χ0) is 12.9. The summed E-state index contributed by atoms with van der Waals surface area (Å²) in [5.74, 6) is -0.476. The molecular weight excluding hydrogens is 216 g/mol. The van der Waals surface area contributed by atoms with Crippen molar-refractivity contribution in [3.63, 3.8) is 0 Å². The third-order valence-electron chi connectivity index (χ3n) is 2.90. The first-order valence-electron chi connectivity index (χ1n) is 7.07. The Kier molecular flexibility index (Phi) is 11.5. The predicted molar refractivity (Wildman–Crippen MR) is 69.9 cm³/mol. The fraction of sp³-hybridized carbons (Fsp3) is 0.929. The molecule has 0 radical (unpaired) electrons. The van der Waals surface area contributed by atoms with E-state index in [-0.39, 0.29) is 0 Å². The van der Waals surface area contributed by atoms with Gasteiger partial charge in [0.05, 0.1) is 6.61 Å². The lowest BCUT2D eigenvalue weighted by molar-refractivity contribution is -0.153. The molecule has 0 heterocycles. The monoisotopic (exact) mass is 244 g/mol. The molecule has 0 aromatic carbocycles. The van der Waals surface area contributed by atoms with Gasteiger partial charge in [-0.25, -0.2) is 4.79 Å². The Bertz CT molecular complexity index is 180. The number of aliphatic hydroxyl groups excluding tert-OH is 1. The average Bonchev–Trinajstić information content (AvgIpc) is 2.35. The van der Waals surface area contributed by atoms with E-state index in [0.717, 1.165) is 12.8 Å². The highest BCUT2D eigenvalue weighted by atomic mass is 16.5. The lowest BCUT2D eigenvalue weighted by Crippen LogP contribution is -2.22. The molecule has 0 aliphatic rings. The molecular formula is C14H28O3. The largest absolute Gasteiger partial charge is 0.464 e. The van der Waals surface area contributed by atoms with Gasteiger partial charge in [0.2, 0.25) is 0 Å². The van der Waals surface area contributed by atoms with Crippen LogP contribution in [0.4, 0.5) is 0 Å². The van der Waals surface area contributed by atoms with Gasteiger partial charge in [0.15, 0.2) is 6.10 Å². The summed E-state index contributed by atoms with van der Waals surface area (Å²) in [5, 5.41) is 9.18. The Morgan fingerprint density at radius 3 is 2.06 bits per heavy atom. The van der Waals surface area contributed by atoms with Crippen LogP contribution in [0.3, 0.4) is 0 Å². The number of carbonyl (C=O) groups is 1. The van der Waals surface area contributed by atoms with Crippen LogP contribution in [-0.4, -0.2) is 23.8 Å². The van der Waals surface area contributed by atoms with Crippen molar-refractivity contribution in [3.8, 4) is 0 Å². The van der Waals surface area contributed by atoms with E-state index in [1.165, 1.54) is 38.5 Å². The van der Waals surface area contributed by atoms with Crippen LogP contribution in [0.15, 0.2) is 0 Å². The second kappa shape index (κ2) is 11.9. The van der Waals surface area contributed by atoms with Gasteiger partial charge in [-0.05, 0) is 12.8 Å². The van der Waals surface area contributed by atoms with E-state index in [9.17, 15) is 9.90 Å². The van der Waals surface area contributed by atoms with Crippen molar-refractivity contribution in [3.05, 3.63) is 0 Å². The van der Waals surface area contributed by atoms with Crippen molar-refractivity contribution in [2.45, 2.75) is 77.7 Å². The predicted octanol–water partition coefficient (Wildman–Crippen LogP) is 3.44. The molecule has 17 heavy (non-hydrogen) atoms. The second-order valence-corrected chi connectivity index (χ2v) is 4.57. The van der Waals surface area contributed by atoms with E-state index in [1.54, 1.807) is 6.92 Å². The topological polar surface area (TPSA) is 46.5 Å². The van der Waals surface area contributed by atoms with Crippen LogP contribution in [0.1, 0.15) is 71.6 Å². The van der Waals surface area contributed by atoms with Gasteiger partial charge in [-0.2, -0.15) is 0 Å². The van der Waals surface area contributed by atoms with Crippen LogP contribution in [-0.2, 0) is 9.53 Å². The molecule has 0 saturated carbocycles. The fourth-order valence-corrected chi connectivity index (χ4v) is 1.67. The number of ether oxygens (including phenoxy) is 1. The summed E-state index contributed by atoms with van der Waals surface area (Å²) in [6.07, 6.45) is 9.30. The molecule has 0 aliphatic heterocycles. The highest BCUT2D eigenvalue weighted by Gasteiger charge is 2.12. The van der Waals surface area contributed by atoms with Crippen molar-refractivity contribution in [2.24, 2.45) is 0 Å². The second-order valence-electron chi connectivity index (χ2n) is 4.57. The van der Waals surface area contributed by atoms with Gasteiger partial charge in [0.25, 0.3) is 0 Å². The molecule has 0 spiro atoms. The summed E-state index contributed by atoms with van der Waals surface area (Å²) in [6, 6.07) is 0. The number of hydrogen-bond acceptors (Lipinski definition) is 3. The molecule has 0 bridgehead atoms. The molecule has 1 unspecified atom stereocenters. The van der Waals surface area contributed by atoms with Crippen LogP contribution in [0.2, 0.25) is 0 Å². The number of unbranched alkanes of at least 4 members (excludes halogenated alkanes) is 7. The molecule has 0 saturated heterocycles. The number of carbonyl (C=O) groups excluding carboxylic acids is 1. The molecule has 3 heteroatoms. The third kappa shape index (κ3) is 10.3. The minimum absolute atomic E-state index is 0.427. The third-order valence-corrected chi connectivity index (χ3v) is 2.90. The molecule has 102 valence electrons. The maximum Gasteiger partial charge on any atom is 0.334 e. The lowest BCUT2D eigenvalue weighted by Gasteiger charge is -2.08. The van der Waals surface area contributed by atoms with E-state index >= 15 is 0 Å². The van der Waals surface area contributed by atoms with Gasteiger partial charge in [-0.3, -0.25) is 0 Å². The number of aliphatic hydroxyl groups is 1. The normalized spacial score (nSPS) is 12.4. The molecule has 1 atom stereocenters. The summed E-state index contributed by atoms with van der Waals surface area (Å²) >= 11 is 0. The highest BCUT2D eigenvalue weighted by molar-refractivity contribution is 5.74. The summed E-state index contributed by atoms with van der Waals surface area (Å²) in [7, 11) is 0. The average molecular weight is 244 g/mol. The SMILES string of the molecule is CCCCCCCCCCOC(=O)C(O)CC. The van der Waals surface area contributed by atoms with E-state index in [1.807, 2.05) is 0 Å². The number of hydrogen-bond donors (Lipinski definition) is 1. The van der Waals surface area contributed by atoms with Crippen molar-refractivity contribution in [1.82, 2.24) is 0 Å². The van der Waals surface area contributed by atoms with Crippen molar-refractivity contribution in [2.75, 3.05) is 6.61 Å². The molecule has 0 aromatic rings. The van der Waals surface area contributed by atoms with Gasteiger partial charge in [-0.1, -0.05) is 58.8 Å². The maximum absolute atomic E-state index is 11.1. The van der Waals surface area contributed by atoms with Gasteiger partial charge in [0, 0.05) is 0 Å². The van der Waals surface area contributed by atoms with Gasteiger partial charge in [-0.15, -0.1) is 0 Å². The van der Waals surface area contributed by atoms with E-state index in [4.69, 9.17) is 4.74 Å². The zero-order valence-electron chi connectivity index (χ0n) is 11.4. The summed E-state index contributed by atoms with van der Waals surface area (Å²) in [6.45, 7) is 4.44. The van der Waals surface area contributed by atoms with Crippen molar-refractivity contribution >= 4 is 5.97 Å². The fourth-order valence-electron chi connectivity index (χ4n) is 1.67. The summed E-state index contributed by atoms with van der Waals surface area (Å²) < 4.78 is 4.95. The molecule has 0 fully saturated rings. The Balaban J connectivity index is 3.16. The first kappa shape index (κ1) is 16.4. The molecule has 0 aromatic heterocycles. The quantitative estimate of drug-likeness (QED) is 0.447. The maximum atomic E-state index is 11.1. The number of rotatable bonds is 11. The first-order valence-corrected chi connectivity index (χ1v) is 7.07. The Hall–Kier alpha value is -0.570. The molecule has 0 amide bonds. The summed E-state index contributed by atoms with van der Waals surface area (Å²) in [5.41, 5.74) is 0. The van der Waals surface area contributed by atoms with Gasteiger partial charge >= 0.3 is 5.97 Å². The Morgan fingerprint density at radius 2 is 1.53 bits per heavy atom. The minimum atomic E-state index is -0.941. The molecule has 3 nitrogen and oxygen atoms in total. The van der Waals surface area contributed by atoms with E-state index < -0.39 is 12.1 Å². The Morgan fingerprint density at radius 1 is 1.00 bits per heavy atom. The highest BCUT2D eigenvalue weighted by Crippen LogP contribution is 2.08. The first-order chi connectivity index (χ1) is 8.22. The number of esters is 1. The Labute approximate surface area is 106 Å². The molecule has 1 N–H and O–H groups in total. The van der Waals surface area contributed by atoms with Crippen LogP contribution in [0.25, 0.3) is 0 Å². The molecule has 0 rings (SSSR count). The standard InChI is InChI=1S/C14H28O3/c1-3-5-6-7-8-9-10-11-12-17-14(16)13(15)4-2/h13,15H,3-12H2,1-2H3. The van der Waals surface area contributed by atoms with Crippen LogP contribution in [0.5, 0.6) is 0 Å². The molecule has 0 aliphatic carbocycles. The smallest absolute Gasteiger partial charge is 0.334 e. The van der Waals surface area contributed by atoms with E-state index in [2.05, 4.69) is 6.92 Å². The van der Waals surface area contributed by atoms with Gasteiger partial charge in [0.1, 0.15) is 0 Å². The zero-order valence-corrected chi connectivity index (χ0v) is 11.4. The van der Waals surface area contributed by atoms with E-state index in [0.29, 0.717) is 13.0 Å². The minimum Gasteiger partial charge on any atom is -0.464 e. The van der Waals surface area contributed by atoms with Crippen LogP contribution >= 0.6 is 0 Å². The van der Waals surface area contributed by atoms with Gasteiger partial charge < -0.3 is 9.84 Å². The van der Waals surface area contributed by atoms with Crippen LogP contribution < -0.4 is 0 Å². The van der Waals surface area contributed by atoms with Crippen LogP contribution in [0, 0.1) is 0 Å².